The molecular weight excluding hydrogens is 718 g/mol. The largest absolute Gasteiger partial charge is 0.490 e. The highest BCUT2D eigenvalue weighted by molar-refractivity contribution is 7.99. The fourth-order valence-electron chi connectivity index (χ4n) is 8.53. The quantitative estimate of drug-likeness (QED) is 0.0627. The maximum atomic E-state index is 12.8. The van der Waals surface area contributed by atoms with Crippen LogP contribution in [0.4, 0.5) is 5.69 Å². The van der Waals surface area contributed by atoms with Crippen LogP contribution < -0.4 is 9.64 Å². The van der Waals surface area contributed by atoms with Crippen LogP contribution >= 0.6 is 23.4 Å². The molecule has 2 heterocycles. The first-order valence-corrected chi connectivity index (χ1v) is 23.8. The minimum Gasteiger partial charge on any atom is -0.490 e. The third-order valence-corrected chi connectivity index (χ3v) is 18.8. The zero-order chi connectivity index (χ0) is 37.4. The lowest BCUT2D eigenvalue weighted by Gasteiger charge is -2.48. The molecule has 0 N–H and O–H groups in total. The maximum absolute atomic E-state index is 12.8. The monoisotopic (exact) mass is 773 g/mol. The number of hydrogen-bond acceptors (Lipinski definition) is 8. The number of thioether (sulfide) groups is 1. The van der Waals surface area contributed by atoms with E-state index in [0.717, 1.165) is 72.6 Å². The van der Waals surface area contributed by atoms with Gasteiger partial charge in [-0.2, -0.15) is 0 Å². The first-order valence-electron chi connectivity index (χ1n) is 19.5. The number of methoxy groups -OCH3 is 1. The standard InChI is InChI=1S/C43H56ClN3O4SSi/c1-42(2,3)53(5,6)51-38(18-13-29-10-11-33(29)26-52-41-45-21-8-22-46-41)35-16-12-32(35)25-47-27-43(20-7-9-30-23-34(44)15-17-36(30)43)28-50-39-19-14-31(24-37(39)47)40(48)49-4/h8,13-15,17-19,21-24,29,32-33,35,38H,7,9-12,16,20,25-28H2,1-6H3/b18-13-/t29-,32-,33-,35+,38-,43?/m0/s1. The highest BCUT2D eigenvalue weighted by Gasteiger charge is 2.47. The van der Waals surface area contributed by atoms with Gasteiger partial charge in [0.05, 0.1) is 31.1 Å². The third kappa shape index (κ3) is 8.24. The molecule has 4 aliphatic rings. The van der Waals surface area contributed by atoms with E-state index in [-0.39, 0.29) is 22.5 Å². The van der Waals surface area contributed by atoms with E-state index >= 15 is 0 Å². The number of hydrogen-bond donors (Lipinski definition) is 0. The summed E-state index contributed by atoms with van der Waals surface area (Å²) in [6.07, 6.45) is 16.6. The maximum Gasteiger partial charge on any atom is 0.337 e. The van der Waals surface area contributed by atoms with E-state index in [2.05, 4.69) is 73.0 Å². The van der Waals surface area contributed by atoms with Crippen LogP contribution in [0.5, 0.6) is 5.75 Å². The second-order valence-electron chi connectivity index (χ2n) is 17.4. The summed E-state index contributed by atoms with van der Waals surface area (Å²) >= 11 is 8.29. The highest BCUT2D eigenvalue weighted by Crippen LogP contribution is 2.49. The summed E-state index contributed by atoms with van der Waals surface area (Å²) in [6, 6.07) is 14.1. The van der Waals surface area contributed by atoms with Crippen LogP contribution in [0.15, 0.2) is 72.2 Å². The van der Waals surface area contributed by atoms with Gasteiger partial charge in [0.1, 0.15) is 5.75 Å². The number of carbonyl (C=O) groups is 1. The Kier molecular flexibility index (Phi) is 11.4. The Hall–Kier alpha value is -2.85. The molecule has 7 rings (SSSR count). The Bertz CT molecular complexity index is 1800. The van der Waals surface area contributed by atoms with E-state index < -0.39 is 8.32 Å². The van der Waals surface area contributed by atoms with Crippen molar-refractivity contribution in [3.05, 3.63) is 88.7 Å². The molecule has 1 spiro atoms. The van der Waals surface area contributed by atoms with Crippen molar-refractivity contribution in [3.8, 4) is 5.75 Å². The van der Waals surface area contributed by atoms with Crippen LogP contribution in [0.1, 0.15) is 80.8 Å². The van der Waals surface area contributed by atoms with Gasteiger partial charge in [0.25, 0.3) is 0 Å². The van der Waals surface area contributed by atoms with Crippen LogP contribution in [-0.2, 0) is 21.0 Å². The lowest BCUT2D eigenvalue weighted by atomic mass is 9.68. The molecule has 0 saturated heterocycles. The molecule has 3 aliphatic carbocycles. The van der Waals surface area contributed by atoms with E-state index in [1.165, 1.54) is 31.1 Å². The topological polar surface area (TPSA) is 73.8 Å². The van der Waals surface area contributed by atoms with Crippen LogP contribution in [-0.4, -0.2) is 62.9 Å². The summed E-state index contributed by atoms with van der Waals surface area (Å²) in [5.41, 5.74) is 4.02. The van der Waals surface area contributed by atoms with Gasteiger partial charge in [0.15, 0.2) is 13.5 Å². The van der Waals surface area contributed by atoms with Gasteiger partial charge in [-0.25, -0.2) is 14.8 Å². The van der Waals surface area contributed by atoms with Crippen molar-refractivity contribution in [3.63, 3.8) is 0 Å². The van der Waals surface area contributed by atoms with E-state index in [9.17, 15) is 4.79 Å². The molecule has 10 heteroatoms. The molecule has 1 unspecified atom stereocenters. The Morgan fingerprint density at radius 3 is 2.60 bits per heavy atom. The number of allylic oxidation sites excluding steroid dienone is 1. The minimum absolute atomic E-state index is 0.0663. The Balaban J connectivity index is 1.16. The van der Waals surface area contributed by atoms with E-state index in [1.54, 1.807) is 11.8 Å². The zero-order valence-corrected chi connectivity index (χ0v) is 34.8. The summed E-state index contributed by atoms with van der Waals surface area (Å²) in [6.45, 7) is 14.1. The van der Waals surface area contributed by atoms with Crippen molar-refractivity contribution in [1.82, 2.24) is 9.97 Å². The van der Waals surface area contributed by atoms with Gasteiger partial charge >= 0.3 is 5.97 Å². The lowest BCUT2D eigenvalue weighted by Crippen LogP contribution is -2.52. The second kappa shape index (κ2) is 15.7. The van der Waals surface area contributed by atoms with Crippen molar-refractivity contribution in [1.29, 1.82) is 0 Å². The van der Waals surface area contributed by atoms with Crippen LogP contribution in [0.3, 0.4) is 0 Å². The molecule has 1 aromatic heterocycles. The number of fused-ring (bicyclic) bond motifs is 3. The van der Waals surface area contributed by atoms with Gasteiger partial charge in [0, 0.05) is 41.7 Å². The van der Waals surface area contributed by atoms with E-state index in [4.69, 9.17) is 25.5 Å². The molecule has 7 nitrogen and oxygen atoms in total. The average molecular weight is 775 g/mol. The summed E-state index contributed by atoms with van der Waals surface area (Å²) in [5.74, 6) is 3.58. The lowest BCUT2D eigenvalue weighted by molar-refractivity contribution is 0.0519. The number of nitrogens with zero attached hydrogens (tertiary/aromatic N) is 3. The number of aromatic nitrogens is 2. The molecule has 53 heavy (non-hydrogen) atoms. The molecule has 284 valence electrons. The third-order valence-electron chi connectivity index (χ3n) is 13.0. The molecule has 1 aliphatic heterocycles. The van der Waals surface area contributed by atoms with E-state index in [0.29, 0.717) is 35.8 Å². The number of anilines is 1. The van der Waals surface area contributed by atoms with Crippen molar-refractivity contribution in [2.24, 2.45) is 23.7 Å². The smallest absolute Gasteiger partial charge is 0.337 e. The number of aryl methyl sites for hydroxylation is 1. The minimum atomic E-state index is -2.07. The van der Waals surface area contributed by atoms with Gasteiger partial charge < -0.3 is 18.8 Å². The average Bonchev–Trinajstić information content (AvgIpc) is 3.25. The van der Waals surface area contributed by atoms with E-state index in [1.807, 2.05) is 42.7 Å². The molecule has 2 saturated carbocycles. The molecule has 3 aromatic rings. The Morgan fingerprint density at radius 2 is 1.91 bits per heavy atom. The summed E-state index contributed by atoms with van der Waals surface area (Å²) in [4.78, 5) is 24.2. The van der Waals surface area contributed by atoms with Crippen molar-refractivity contribution >= 4 is 43.3 Å². The Morgan fingerprint density at radius 1 is 1.11 bits per heavy atom. The summed E-state index contributed by atoms with van der Waals surface area (Å²) in [5, 5.41) is 1.76. The van der Waals surface area contributed by atoms with Crippen LogP contribution in [0.25, 0.3) is 0 Å². The van der Waals surface area contributed by atoms with Crippen LogP contribution in [0, 0.1) is 23.7 Å². The first kappa shape index (κ1) is 38.4. The molecule has 2 fully saturated rings. The SMILES string of the molecule is COC(=O)c1ccc2c(c1)N(C[C@@H]1CC[C@H]1[C@H](/C=C\[C@@H]1CC[C@H]1CSc1ncccn1)O[Si](C)(C)C(C)(C)C)CC1(CCCc3cc(Cl)ccc31)CO2. The predicted octanol–water partition coefficient (Wildman–Crippen LogP) is 10.2. The number of ether oxygens (including phenoxy) is 2. The Labute approximate surface area is 326 Å². The molecule has 0 bridgehead atoms. The number of rotatable bonds is 11. The number of esters is 1. The number of benzene rings is 2. The summed E-state index contributed by atoms with van der Waals surface area (Å²) in [7, 11) is -0.626. The van der Waals surface area contributed by atoms with Crippen molar-refractivity contribution in [2.45, 2.75) is 101 Å². The molecule has 0 amide bonds. The van der Waals surface area contributed by atoms with Crippen molar-refractivity contribution < 1.29 is 18.7 Å². The van der Waals surface area contributed by atoms with Gasteiger partial charge in [-0.05, 0) is 134 Å². The fraction of sp³-hybridized carbons (Fsp3) is 0.558. The fourth-order valence-corrected chi connectivity index (χ4v) is 11.1. The van der Waals surface area contributed by atoms with Gasteiger partial charge in [-0.3, -0.25) is 0 Å². The van der Waals surface area contributed by atoms with Gasteiger partial charge in [0.2, 0.25) is 0 Å². The van der Waals surface area contributed by atoms with Crippen molar-refractivity contribution in [2.75, 3.05) is 37.5 Å². The summed E-state index contributed by atoms with van der Waals surface area (Å²) < 4.78 is 19.2. The first-order chi connectivity index (χ1) is 25.4. The second-order valence-corrected chi connectivity index (χ2v) is 23.5. The highest BCUT2D eigenvalue weighted by atomic mass is 35.5. The predicted molar refractivity (Wildman–Crippen MR) is 218 cm³/mol. The number of halogens is 1. The zero-order valence-electron chi connectivity index (χ0n) is 32.3. The van der Waals surface area contributed by atoms with Gasteiger partial charge in [-0.1, -0.05) is 62.4 Å². The molecule has 6 atom stereocenters. The molecular formula is C43H56ClN3O4SSi. The van der Waals surface area contributed by atoms with Crippen LogP contribution in [0.2, 0.25) is 23.2 Å². The number of carbonyl (C=O) groups excluding carboxylic acids is 1. The normalized spacial score (nSPS) is 26.1. The van der Waals surface area contributed by atoms with Gasteiger partial charge in [-0.15, -0.1) is 0 Å². The molecule has 0 radical (unpaired) electrons. The molecule has 2 aromatic carbocycles.